The van der Waals surface area contributed by atoms with Gasteiger partial charge in [0.05, 0.1) is 10.0 Å². The van der Waals surface area contributed by atoms with E-state index in [2.05, 4.69) is 31.0 Å². The number of halogens is 3. The molecule has 1 heterocycles. The molecule has 0 bridgehead atoms. The van der Waals surface area contributed by atoms with Crippen molar-refractivity contribution >= 4 is 34.8 Å². The second-order valence-corrected chi connectivity index (χ2v) is 7.83. The van der Waals surface area contributed by atoms with Gasteiger partial charge in [0.25, 0.3) is 0 Å². The molecule has 118 valence electrons. The minimum absolute atomic E-state index is 0.255. The molecule has 0 spiro atoms. The molecule has 2 nitrogen and oxygen atoms in total. The molecule has 0 amide bonds. The smallest absolute Gasteiger partial charge is 0.0652 e. The summed E-state index contributed by atoms with van der Waals surface area (Å²) in [7, 11) is 0. The number of nitrogens with one attached hydrogen (secondary N) is 1. The third kappa shape index (κ3) is 4.49. The summed E-state index contributed by atoms with van der Waals surface area (Å²) in [5.41, 5.74) is 1.15. The summed E-state index contributed by atoms with van der Waals surface area (Å²) < 4.78 is 0. The Balaban J connectivity index is 1.90. The lowest BCUT2D eigenvalue weighted by molar-refractivity contribution is 0.0960. The molecule has 1 N–H and O–H groups in total. The van der Waals surface area contributed by atoms with Gasteiger partial charge in [0.2, 0.25) is 0 Å². The molecule has 1 aromatic rings. The van der Waals surface area contributed by atoms with Gasteiger partial charge in [-0.25, -0.2) is 0 Å². The lowest BCUT2D eigenvalue weighted by Crippen LogP contribution is -2.49. The van der Waals surface area contributed by atoms with E-state index in [1.54, 1.807) is 12.1 Å². The Morgan fingerprint density at radius 1 is 1.10 bits per heavy atom. The van der Waals surface area contributed by atoms with E-state index in [-0.39, 0.29) is 5.54 Å². The average Bonchev–Trinajstić information content (AvgIpc) is 2.43. The third-order valence-corrected chi connectivity index (χ3v) is 5.35. The molecule has 5 heteroatoms. The minimum atomic E-state index is 0.255. The van der Waals surface area contributed by atoms with Crippen LogP contribution in [0.5, 0.6) is 0 Å². The average molecular weight is 350 g/mol. The quantitative estimate of drug-likeness (QED) is 0.773. The summed E-state index contributed by atoms with van der Waals surface area (Å²) in [4.78, 5) is 2.53. The zero-order valence-corrected chi connectivity index (χ0v) is 15.1. The summed E-state index contributed by atoms with van der Waals surface area (Å²) in [5, 5.41) is 5.35. The van der Waals surface area contributed by atoms with Gasteiger partial charge in [0.1, 0.15) is 0 Å². The van der Waals surface area contributed by atoms with Crippen LogP contribution in [0.25, 0.3) is 0 Å². The van der Waals surface area contributed by atoms with Gasteiger partial charge < -0.3 is 5.32 Å². The lowest BCUT2D eigenvalue weighted by Gasteiger charge is -2.41. The van der Waals surface area contributed by atoms with Gasteiger partial charge in [-0.1, -0.05) is 34.8 Å². The molecule has 1 saturated heterocycles. The van der Waals surface area contributed by atoms with Crippen LogP contribution in [-0.2, 0) is 6.54 Å². The zero-order valence-electron chi connectivity index (χ0n) is 12.8. The molecule has 21 heavy (non-hydrogen) atoms. The monoisotopic (exact) mass is 348 g/mol. The SMILES string of the molecule is CC(C)(C)N1CCC(NCc2c(Cl)ccc(Cl)c2Cl)CC1. The minimum Gasteiger partial charge on any atom is -0.310 e. The Hall–Kier alpha value is 0.01000. The number of piperidine rings is 1. The third-order valence-electron chi connectivity index (χ3n) is 4.15. The van der Waals surface area contributed by atoms with Crippen LogP contribution in [0.1, 0.15) is 39.2 Å². The van der Waals surface area contributed by atoms with Gasteiger partial charge in [-0.3, -0.25) is 4.90 Å². The number of rotatable bonds is 3. The molecule has 2 rings (SSSR count). The first kappa shape index (κ1) is 17.4. The lowest BCUT2D eigenvalue weighted by atomic mass is 9.98. The summed E-state index contributed by atoms with van der Waals surface area (Å²) in [6, 6.07) is 4.04. The maximum Gasteiger partial charge on any atom is 0.0652 e. The van der Waals surface area contributed by atoms with Gasteiger partial charge in [-0.2, -0.15) is 0 Å². The summed E-state index contributed by atoms with van der Waals surface area (Å²) in [6.45, 7) is 9.72. The molecule has 1 aromatic carbocycles. The fourth-order valence-corrected chi connectivity index (χ4v) is 3.41. The molecule has 0 aromatic heterocycles. The second kappa shape index (κ2) is 7.06. The summed E-state index contributed by atoms with van der Waals surface area (Å²) in [6.07, 6.45) is 2.29. The molecular formula is C16H23Cl3N2. The molecule has 0 saturated carbocycles. The Labute approximate surface area is 142 Å². The van der Waals surface area contributed by atoms with Crippen molar-refractivity contribution < 1.29 is 0 Å². The van der Waals surface area contributed by atoms with E-state index < -0.39 is 0 Å². The standard InChI is InChI=1S/C16H23Cl3N2/c1-16(2,3)21-8-6-11(7-9-21)20-10-12-13(17)4-5-14(18)15(12)19/h4-5,11,20H,6-10H2,1-3H3. The molecule has 1 fully saturated rings. The van der Waals surface area contributed by atoms with Crippen molar-refractivity contribution in [2.75, 3.05) is 13.1 Å². The van der Waals surface area contributed by atoms with Crippen molar-refractivity contribution in [3.8, 4) is 0 Å². The predicted octanol–water partition coefficient (Wildman–Crippen LogP) is 5.00. The Morgan fingerprint density at radius 3 is 2.24 bits per heavy atom. The molecule has 1 aliphatic heterocycles. The highest BCUT2D eigenvalue weighted by Gasteiger charge is 2.26. The highest BCUT2D eigenvalue weighted by molar-refractivity contribution is 6.44. The summed E-state index contributed by atoms with van der Waals surface area (Å²) >= 11 is 18.5. The number of hydrogen-bond acceptors (Lipinski definition) is 2. The van der Waals surface area contributed by atoms with Crippen LogP contribution in [0.2, 0.25) is 15.1 Å². The van der Waals surface area contributed by atoms with Crippen molar-refractivity contribution in [3.05, 3.63) is 32.8 Å². The number of benzene rings is 1. The van der Waals surface area contributed by atoms with Crippen LogP contribution in [0.3, 0.4) is 0 Å². The first-order valence-electron chi connectivity index (χ1n) is 7.40. The Bertz CT molecular complexity index is 489. The maximum absolute atomic E-state index is 6.23. The van der Waals surface area contributed by atoms with Crippen molar-refractivity contribution in [3.63, 3.8) is 0 Å². The van der Waals surface area contributed by atoms with E-state index in [0.29, 0.717) is 27.7 Å². The van der Waals surface area contributed by atoms with Crippen molar-refractivity contribution in [2.45, 2.75) is 51.7 Å². The predicted molar refractivity (Wildman–Crippen MR) is 92.7 cm³/mol. The fourth-order valence-electron chi connectivity index (χ4n) is 2.73. The Kier molecular flexibility index (Phi) is 5.84. The van der Waals surface area contributed by atoms with Gasteiger partial charge in [-0.05, 0) is 45.7 Å². The number of nitrogens with zero attached hydrogens (tertiary/aromatic N) is 1. The van der Waals surface area contributed by atoms with Crippen LogP contribution >= 0.6 is 34.8 Å². The van der Waals surface area contributed by atoms with Crippen molar-refractivity contribution in [1.29, 1.82) is 0 Å². The van der Waals surface area contributed by atoms with Gasteiger partial charge >= 0.3 is 0 Å². The highest BCUT2D eigenvalue weighted by atomic mass is 35.5. The molecule has 0 unspecified atom stereocenters. The van der Waals surface area contributed by atoms with Gasteiger partial charge in [-0.15, -0.1) is 0 Å². The maximum atomic E-state index is 6.23. The second-order valence-electron chi connectivity index (χ2n) is 6.63. The van der Waals surface area contributed by atoms with Crippen LogP contribution in [0.15, 0.2) is 12.1 Å². The van der Waals surface area contributed by atoms with E-state index in [9.17, 15) is 0 Å². The first-order chi connectivity index (χ1) is 9.79. The summed E-state index contributed by atoms with van der Waals surface area (Å²) in [5.74, 6) is 0. The molecule has 0 atom stereocenters. The first-order valence-corrected chi connectivity index (χ1v) is 8.53. The van der Waals surface area contributed by atoms with Crippen LogP contribution in [0.4, 0.5) is 0 Å². The topological polar surface area (TPSA) is 15.3 Å². The van der Waals surface area contributed by atoms with Crippen molar-refractivity contribution in [1.82, 2.24) is 10.2 Å². The van der Waals surface area contributed by atoms with E-state index in [0.717, 1.165) is 31.5 Å². The highest BCUT2D eigenvalue weighted by Crippen LogP contribution is 2.31. The van der Waals surface area contributed by atoms with E-state index >= 15 is 0 Å². The van der Waals surface area contributed by atoms with Crippen LogP contribution in [-0.4, -0.2) is 29.6 Å². The van der Waals surface area contributed by atoms with Crippen LogP contribution in [0, 0.1) is 0 Å². The van der Waals surface area contributed by atoms with E-state index in [1.165, 1.54) is 0 Å². The number of likely N-dealkylation sites (tertiary alicyclic amines) is 1. The molecular weight excluding hydrogens is 327 g/mol. The number of hydrogen-bond donors (Lipinski definition) is 1. The van der Waals surface area contributed by atoms with Gasteiger partial charge in [0, 0.05) is 41.8 Å². The Morgan fingerprint density at radius 2 is 1.67 bits per heavy atom. The fraction of sp³-hybridized carbons (Fsp3) is 0.625. The largest absolute Gasteiger partial charge is 0.310 e. The molecule has 1 aliphatic rings. The normalized spacial score (nSPS) is 18.2. The molecule has 0 aliphatic carbocycles. The van der Waals surface area contributed by atoms with Crippen molar-refractivity contribution in [2.24, 2.45) is 0 Å². The molecule has 0 radical (unpaired) electrons. The zero-order chi connectivity index (χ0) is 15.6. The van der Waals surface area contributed by atoms with E-state index in [4.69, 9.17) is 34.8 Å². The van der Waals surface area contributed by atoms with Crippen LogP contribution < -0.4 is 5.32 Å². The van der Waals surface area contributed by atoms with E-state index in [1.807, 2.05) is 0 Å². The van der Waals surface area contributed by atoms with Gasteiger partial charge in [0.15, 0.2) is 0 Å².